The highest BCUT2D eigenvalue weighted by molar-refractivity contribution is 5.82. The Balaban J connectivity index is 2.87. The zero-order valence-electron chi connectivity index (χ0n) is 16.3. The summed E-state index contributed by atoms with van der Waals surface area (Å²) in [6.07, 6.45) is 2.05. The molecule has 9 heteroatoms. The van der Waals surface area contributed by atoms with Gasteiger partial charge in [-0.1, -0.05) is 0 Å². The van der Waals surface area contributed by atoms with E-state index in [0.717, 1.165) is 0 Å². The van der Waals surface area contributed by atoms with Crippen LogP contribution in [-0.4, -0.2) is 45.9 Å². The van der Waals surface area contributed by atoms with Crippen molar-refractivity contribution in [2.45, 2.75) is 65.3 Å². The smallest absolute Gasteiger partial charge is 0.408 e. The molecule has 0 aliphatic carbocycles. The molecule has 1 aromatic heterocycles. The number of carbonyl (C=O) groups is 3. The molecule has 26 heavy (non-hydrogen) atoms. The lowest BCUT2D eigenvalue weighted by Crippen LogP contribution is -2.38. The highest BCUT2D eigenvalue weighted by Crippen LogP contribution is 2.15. The topological polar surface area (TPSA) is 109 Å². The molecule has 0 aromatic carbocycles. The summed E-state index contributed by atoms with van der Waals surface area (Å²) in [6, 6.07) is -1.16. The SMILES string of the molecule is COC(=O)C(NC(=O)OC(C)(C)C)c1cn(CC(=O)OC(C)(C)C)cn1. The van der Waals surface area contributed by atoms with Crippen molar-refractivity contribution in [2.24, 2.45) is 0 Å². The van der Waals surface area contributed by atoms with E-state index in [0.29, 0.717) is 0 Å². The lowest BCUT2D eigenvalue weighted by atomic mass is 10.2. The highest BCUT2D eigenvalue weighted by Gasteiger charge is 2.28. The molecule has 1 aromatic rings. The minimum atomic E-state index is -1.16. The molecular weight excluding hydrogens is 342 g/mol. The van der Waals surface area contributed by atoms with Gasteiger partial charge in [-0.2, -0.15) is 0 Å². The number of amides is 1. The number of esters is 2. The average molecular weight is 369 g/mol. The number of methoxy groups -OCH3 is 1. The summed E-state index contributed by atoms with van der Waals surface area (Å²) in [6.45, 7) is 10.3. The summed E-state index contributed by atoms with van der Waals surface area (Å²) in [5, 5.41) is 2.42. The second-order valence-electron chi connectivity index (χ2n) is 7.66. The summed E-state index contributed by atoms with van der Waals surface area (Å²) in [4.78, 5) is 39.9. The molecule has 1 atom stereocenters. The van der Waals surface area contributed by atoms with E-state index in [1.165, 1.54) is 24.2 Å². The van der Waals surface area contributed by atoms with E-state index in [4.69, 9.17) is 14.2 Å². The zero-order valence-corrected chi connectivity index (χ0v) is 16.3. The molecule has 0 saturated heterocycles. The van der Waals surface area contributed by atoms with Crippen LogP contribution >= 0.6 is 0 Å². The van der Waals surface area contributed by atoms with E-state index < -0.39 is 35.3 Å². The number of aromatic nitrogens is 2. The second-order valence-corrected chi connectivity index (χ2v) is 7.66. The number of ether oxygens (including phenoxy) is 3. The Morgan fingerprint density at radius 2 is 1.69 bits per heavy atom. The van der Waals surface area contributed by atoms with Crippen molar-refractivity contribution in [1.29, 1.82) is 0 Å². The first kappa shape index (κ1) is 21.5. The summed E-state index contributed by atoms with van der Waals surface area (Å²) < 4.78 is 16.5. The molecule has 146 valence electrons. The molecule has 1 amide bonds. The fourth-order valence-corrected chi connectivity index (χ4v) is 1.93. The maximum Gasteiger partial charge on any atom is 0.408 e. The number of alkyl carbamates (subject to hydrolysis) is 1. The largest absolute Gasteiger partial charge is 0.467 e. The molecule has 0 radical (unpaired) electrons. The standard InChI is InChI=1S/C17H27N3O6/c1-16(2,3)25-12(21)9-20-8-11(18-10-20)13(14(22)24-7)19-15(23)26-17(4,5)6/h8,10,13H,9H2,1-7H3,(H,19,23). The van der Waals surface area contributed by atoms with E-state index >= 15 is 0 Å². The first-order chi connectivity index (χ1) is 11.8. The van der Waals surface area contributed by atoms with Crippen LogP contribution in [0.5, 0.6) is 0 Å². The predicted octanol–water partition coefficient (Wildman–Crippen LogP) is 1.96. The highest BCUT2D eigenvalue weighted by atomic mass is 16.6. The molecule has 0 aliphatic rings. The van der Waals surface area contributed by atoms with Crippen molar-refractivity contribution in [2.75, 3.05) is 7.11 Å². The number of hydrogen-bond acceptors (Lipinski definition) is 7. The Labute approximate surface area is 153 Å². The fourth-order valence-electron chi connectivity index (χ4n) is 1.93. The quantitative estimate of drug-likeness (QED) is 0.624. The van der Waals surface area contributed by atoms with Crippen LogP contribution in [-0.2, 0) is 30.3 Å². The number of imidazole rings is 1. The summed E-state index contributed by atoms with van der Waals surface area (Å²) in [7, 11) is 1.20. The van der Waals surface area contributed by atoms with Gasteiger partial charge in [0.1, 0.15) is 17.7 Å². The molecule has 1 unspecified atom stereocenters. The van der Waals surface area contributed by atoms with Gasteiger partial charge in [0.25, 0.3) is 0 Å². The Bertz CT molecular complexity index is 654. The van der Waals surface area contributed by atoms with Crippen LogP contribution in [0.2, 0.25) is 0 Å². The van der Waals surface area contributed by atoms with Crippen molar-refractivity contribution < 1.29 is 28.6 Å². The number of nitrogens with one attached hydrogen (secondary N) is 1. The van der Waals surface area contributed by atoms with Gasteiger partial charge in [0.15, 0.2) is 6.04 Å². The predicted molar refractivity (Wildman–Crippen MR) is 92.2 cm³/mol. The third kappa shape index (κ3) is 7.54. The molecule has 0 spiro atoms. The van der Waals surface area contributed by atoms with Gasteiger partial charge in [-0.15, -0.1) is 0 Å². The van der Waals surface area contributed by atoms with Crippen LogP contribution in [0.25, 0.3) is 0 Å². The van der Waals surface area contributed by atoms with Gasteiger partial charge in [-0.3, -0.25) is 4.79 Å². The molecule has 0 saturated carbocycles. The minimum Gasteiger partial charge on any atom is -0.467 e. The normalized spacial score (nSPS) is 12.9. The van der Waals surface area contributed by atoms with Gasteiger partial charge >= 0.3 is 18.0 Å². The second kappa shape index (κ2) is 8.20. The van der Waals surface area contributed by atoms with Crippen LogP contribution in [0.1, 0.15) is 53.3 Å². The van der Waals surface area contributed by atoms with Crippen molar-refractivity contribution in [1.82, 2.24) is 14.9 Å². The van der Waals surface area contributed by atoms with Crippen LogP contribution in [0.15, 0.2) is 12.5 Å². The Morgan fingerprint density at radius 1 is 1.12 bits per heavy atom. The molecule has 0 fully saturated rings. The van der Waals surface area contributed by atoms with Crippen molar-refractivity contribution in [3.8, 4) is 0 Å². The number of rotatable bonds is 5. The van der Waals surface area contributed by atoms with Gasteiger partial charge in [0.05, 0.1) is 19.1 Å². The maximum atomic E-state index is 12.0. The van der Waals surface area contributed by atoms with Crippen molar-refractivity contribution >= 4 is 18.0 Å². The fraction of sp³-hybridized carbons (Fsp3) is 0.647. The molecule has 1 heterocycles. The lowest BCUT2D eigenvalue weighted by molar-refractivity contribution is -0.155. The molecule has 0 aliphatic heterocycles. The minimum absolute atomic E-state index is 0.0788. The molecule has 0 bridgehead atoms. The Morgan fingerprint density at radius 3 is 2.19 bits per heavy atom. The van der Waals surface area contributed by atoms with Gasteiger partial charge in [-0.05, 0) is 41.5 Å². The maximum absolute atomic E-state index is 12.0. The first-order valence-electron chi connectivity index (χ1n) is 8.11. The van der Waals surface area contributed by atoms with Crippen LogP contribution in [0.3, 0.4) is 0 Å². The number of carbonyl (C=O) groups excluding carboxylic acids is 3. The number of nitrogens with zero attached hydrogens (tertiary/aromatic N) is 2. The Hall–Kier alpha value is -2.58. The van der Waals surface area contributed by atoms with Gasteiger partial charge in [0.2, 0.25) is 0 Å². The van der Waals surface area contributed by atoms with E-state index in [2.05, 4.69) is 10.3 Å². The van der Waals surface area contributed by atoms with Crippen LogP contribution in [0, 0.1) is 0 Å². The Kier molecular flexibility index (Phi) is 6.77. The van der Waals surface area contributed by atoms with Crippen LogP contribution in [0.4, 0.5) is 4.79 Å². The third-order valence-electron chi connectivity index (χ3n) is 2.78. The van der Waals surface area contributed by atoms with E-state index in [1.54, 1.807) is 41.5 Å². The first-order valence-corrected chi connectivity index (χ1v) is 8.11. The van der Waals surface area contributed by atoms with E-state index in [9.17, 15) is 14.4 Å². The van der Waals surface area contributed by atoms with Gasteiger partial charge in [-0.25, -0.2) is 14.6 Å². The van der Waals surface area contributed by atoms with E-state index in [1.807, 2.05) is 0 Å². The molecule has 9 nitrogen and oxygen atoms in total. The lowest BCUT2D eigenvalue weighted by Gasteiger charge is -2.22. The molecule has 1 rings (SSSR count). The van der Waals surface area contributed by atoms with Crippen molar-refractivity contribution in [3.05, 3.63) is 18.2 Å². The van der Waals surface area contributed by atoms with Gasteiger partial charge in [0, 0.05) is 6.20 Å². The molecule has 1 N–H and O–H groups in total. The van der Waals surface area contributed by atoms with Crippen LogP contribution < -0.4 is 5.32 Å². The third-order valence-corrected chi connectivity index (χ3v) is 2.78. The van der Waals surface area contributed by atoms with Gasteiger partial charge < -0.3 is 24.1 Å². The summed E-state index contributed by atoms with van der Waals surface area (Å²) in [5.74, 6) is -1.16. The monoisotopic (exact) mass is 369 g/mol. The summed E-state index contributed by atoms with van der Waals surface area (Å²) in [5.41, 5.74) is -1.11. The average Bonchev–Trinajstić information content (AvgIpc) is 2.87. The van der Waals surface area contributed by atoms with E-state index in [-0.39, 0.29) is 12.2 Å². The number of hydrogen-bond donors (Lipinski definition) is 1. The molecular formula is C17H27N3O6. The zero-order chi connectivity index (χ0) is 20.1. The van der Waals surface area contributed by atoms with Crippen molar-refractivity contribution in [3.63, 3.8) is 0 Å². The summed E-state index contributed by atoms with van der Waals surface area (Å²) >= 11 is 0.